The van der Waals surface area contributed by atoms with E-state index in [2.05, 4.69) is 5.32 Å². The molecule has 3 rings (SSSR count). The largest absolute Gasteiger partial charge is 0.321 e. The fraction of sp³-hybridized carbons (Fsp3) is 0. The van der Waals surface area contributed by atoms with Crippen LogP contribution in [0.1, 0.15) is 10.4 Å². The van der Waals surface area contributed by atoms with Crippen LogP contribution in [0, 0.1) is 0 Å². The van der Waals surface area contributed by atoms with Crippen molar-refractivity contribution in [2.75, 3.05) is 5.32 Å². The van der Waals surface area contributed by atoms with E-state index >= 15 is 0 Å². The summed E-state index contributed by atoms with van der Waals surface area (Å²) in [7, 11) is 0. The van der Waals surface area contributed by atoms with E-state index in [4.69, 9.17) is 23.2 Å². The minimum absolute atomic E-state index is 0.239. The van der Waals surface area contributed by atoms with E-state index in [-0.39, 0.29) is 5.91 Å². The van der Waals surface area contributed by atoms with Crippen molar-refractivity contribution in [2.45, 2.75) is 0 Å². The molecule has 0 bridgehead atoms. The summed E-state index contributed by atoms with van der Waals surface area (Å²) in [6, 6.07) is 22.1. The number of anilines is 1. The van der Waals surface area contributed by atoms with E-state index in [0.717, 1.165) is 16.8 Å². The van der Waals surface area contributed by atoms with Gasteiger partial charge in [-0.2, -0.15) is 0 Å². The highest BCUT2D eigenvalue weighted by Gasteiger charge is 2.12. The molecule has 2 nitrogen and oxygen atoms in total. The molecule has 1 N–H and O–H groups in total. The van der Waals surface area contributed by atoms with E-state index in [0.29, 0.717) is 15.6 Å². The molecule has 0 aliphatic heterocycles. The molecule has 1 amide bonds. The van der Waals surface area contributed by atoms with Crippen molar-refractivity contribution in [1.29, 1.82) is 0 Å². The molecule has 0 fully saturated rings. The van der Waals surface area contributed by atoms with E-state index in [1.165, 1.54) is 0 Å². The number of halogens is 2. The standard InChI is InChI=1S/C19H13Cl2NO/c20-14-11-9-13(10-12-14)15-5-2-4-8-18(15)22-19(23)16-6-1-3-7-17(16)21/h1-12H,(H,22,23). The van der Waals surface area contributed by atoms with Gasteiger partial charge in [0.2, 0.25) is 0 Å². The van der Waals surface area contributed by atoms with E-state index in [9.17, 15) is 4.79 Å². The van der Waals surface area contributed by atoms with Gasteiger partial charge in [-0.25, -0.2) is 0 Å². The number of carbonyl (C=O) groups excluding carboxylic acids is 1. The van der Waals surface area contributed by atoms with Crippen molar-refractivity contribution >= 4 is 34.8 Å². The van der Waals surface area contributed by atoms with Crippen LogP contribution in [-0.2, 0) is 0 Å². The Morgan fingerprint density at radius 3 is 2.17 bits per heavy atom. The third-order valence-electron chi connectivity index (χ3n) is 3.45. The van der Waals surface area contributed by atoms with Gasteiger partial charge in [-0.1, -0.05) is 65.7 Å². The molecule has 0 heterocycles. The Kier molecular flexibility index (Phi) is 4.65. The highest BCUT2D eigenvalue weighted by molar-refractivity contribution is 6.34. The van der Waals surface area contributed by atoms with Crippen molar-refractivity contribution in [2.24, 2.45) is 0 Å². The van der Waals surface area contributed by atoms with Gasteiger partial charge in [-0.05, 0) is 35.9 Å². The Morgan fingerprint density at radius 2 is 1.43 bits per heavy atom. The number of benzene rings is 3. The van der Waals surface area contributed by atoms with Gasteiger partial charge >= 0.3 is 0 Å². The van der Waals surface area contributed by atoms with Gasteiger partial charge in [-0.3, -0.25) is 4.79 Å². The molecule has 0 spiro atoms. The van der Waals surface area contributed by atoms with Gasteiger partial charge in [0.1, 0.15) is 0 Å². The Hall–Kier alpha value is -2.29. The number of hydrogen-bond acceptors (Lipinski definition) is 1. The van der Waals surface area contributed by atoms with E-state index in [1.807, 2.05) is 48.5 Å². The van der Waals surface area contributed by atoms with Crippen LogP contribution in [0.2, 0.25) is 10.0 Å². The lowest BCUT2D eigenvalue weighted by molar-refractivity contribution is 0.102. The highest BCUT2D eigenvalue weighted by Crippen LogP contribution is 2.29. The maximum Gasteiger partial charge on any atom is 0.257 e. The minimum atomic E-state index is -0.239. The Morgan fingerprint density at radius 1 is 0.783 bits per heavy atom. The lowest BCUT2D eigenvalue weighted by Crippen LogP contribution is -2.13. The first kappa shape index (κ1) is 15.6. The van der Waals surface area contributed by atoms with Gasteiger partial charge < -0.3 is 5.32 Å². The Bertz CT molecular complexity index is 844. The zero-order chi connectivity index (χ0) is 16.2. The maximum atomic E-state index is 12.5. The average molecular weight is 342 g/mol. The van der Waals surface area contributed by atoms with Crippen LogP contribution in [0.25, 0.3) is 11.1 Å². The molecular weight excluding hydrogens is 329 g/mol. The molecule has 0 atom stereocenters. The summed E-state index contributed by atoms with van der Waals surface area (Å²) in [5.74, 6) is -0.239. The minimum Gasteiger partial charge on any atom is -0.321 e. The first-order valence-corrected chi connectivity index (χ1v) is 7.81. The highest BCUT2D eigenvalue weighted by atomic mass is 35.5. The summed E-state index contributed by atoms with van der Waals surface area (Å²) in [4.78, 5) is 12.5. The van der Waals surface area contributed by atoms with Gasteiger partial charge in [-0.15, -0.1) is 0 Å². The molecule has 0 aliphatic carbocycles. The quantitative estimate of drug-likeness (QED) is 0.630. The van der Waals surface area contributed by atoms with Crippen LogP contribution in [0.5, 0.6) is 0 Å². The normalized spacial score (nSPS) is 10.3. The third kappa shape index (κ3) is 3.55. The maximum absolute atomic E-state index is 12.5. The summed E-state index contributed by atoms with van der Waals surface area (Å²) in [6.45, 7) is 0. The van der Waals surface area contributed by atoms with Crippen LogP contribution in [-0.4, -0.2) is 5.91 Å². The van der Waals surface area contributed by atoms with Crippen molar-refractivity contribution in [3.8, 4) is 11.1 Å². The number of rotatable bonds is 3. The van der Waals surface area contributed by atoms with Crippen LogP contribution in [0.4, 0.5) is 5.69 Å². The lowest BCUT2D eigenvalue weighted by atomic mass is 10.0. The molecule has 114 valence electrons. The first-order chi connectivity index (χ1) is 11.1. The second kappa shape index (κ2) is 6.86. The summed E-state index contributed by atoms with van der Waals surface area (Å²) in [5, 5.41) is 4.02. The third-order valence-corrected chi connectivity index (χ3v) is 4.03. The number of carbonyl (C=O) groups is 1. The topological polar surface area (TPSA) is 29.1 Å². The Labute approximate surface area is 144 Å². The molecule has 23 heavy (non-hydrogen) atoms. The van der Waals surface area contributed by atoms with Crippen LogP contribution >= 0.6 is 23.2 Å². The predicted molar refractivity (Wildman–Crippen MR) is 96.3 cm³/mol. The molecule has 0 aliphatic rings. The zero-order valence-corrected chi connectivity index (χ0v) is 13.6. The van der Waals surface area contributed by atoms with Gasteiger partial charge in [0.15, 0.2) is 0 Å². The molecule has 0 radical (unpaired) electrons. The second-order valence-corrected chi connectivity index (χ2v) is 5.83. The fourth-order valence-corrected chi connectivity index (χ4v) is 2.66. The molecule has 0 saturated heterocycles. The monoisotopic (exact) mass is 341 g/mol. The first-order valence-electron chi connectivity index (χ1n) is 7.06. The van der Waals surface area contributed by atoms with Crippen molar-refractivity contribution in [1.82, 2.24) is 0 Å². The lowest BCUT2D eigenvalue weighted by Gasteiger charge is -2.12. The average Bonchev–Trinajstić information content (AvgIpc) is 2.56. The molecule has 3 aromatic carbocycles. The van der Waals surface area contributed by atoms with E-state index < -0.39 is 0 Å². The summed E-state index contributed by atoms with van der Waals surface area (Å²) >= 11 is 12.0. The van der Waals surface area contributed by atoms with Crippen molar-refractivity contribution < 1.29 is 4.79 Å². The number of nitrogens with one attached hydrogen (secondary N) is 1. The molecule has 0 saturated carbocycles. The van der Waals surface area contributed by atoms with Crippen molar-refractivity contribution in [3.05, 3.63) is 88.4 Å². The summed E-state index contributed by atoms with van der Waals surface area (Å²) in [6.07, 6.45) is 0. The molecule has 0 aromatic heterocycles. The molecule has 0 unspecified atom stereocenters. The summed E-state index contributed by atoms with van der Waals surface area (Å²) in [5.41, 5.74) is 3.06. The molecular formula is C19H13Cl2NO. The predicted octanol–water partition coefficient (Wildman–Crippen LogP) is 5.91. The Balaban J connectivity index is 1.94. The molecule has 4 heteroatoms. The number of hydrogen-bond donors (Lipinski definition) is 1. The van der Waals surface area contributed by atoms with Crippen LogP contribution in [0.3, 0.4) is 0 Å². The second-order valence-electron chi connectivity index (χ2n) is 4.99. The zero-order valence-electron chi connectivity index (χ0n) is 12.1. The van der Waals surface area contributed by atoms with Gasteiger partial charge in [0, 0.05) is 16.3 Å². The fourth-order valence-electron chi connectivity index (χ4n) is 2.31. The van der Waals surface area contributed by atoms with Crippen LogP contribution in [0.15, 0.2) is 72.8 Å². The van der Waals surface area contributed by atoms with Crippen LogP contribution < -0.4 is 5.32 Å². The van der Waals surface area contributed by atoms with E-state index in [1.54, 1.807) is 24.3 Å². The van der Waals surface area contributed by atoms with Gasteiger partial charge in [0.05, 0.1) is 10.6 Å². The SMILES string of the molecule is O=C(Nc1ccccc1-c1ccc(Cl)cc1)c1ccccc1Cl. The number of amides is 1. The van der Waals surface area contributed by atoms with Gasteiger partial charge in [0.25, 0.3) is 5.91 Å². The smallest absolute Gasteiger partial charge is 0.257 e. The summed E-state index contributed by atoms with van der Waals surface area (Å²) < 4.78 is 0. The number of para-hydroxylation sites is 1. The molecule has 3 aromatic rings. The van der Waals surface area contributed by atoms with Crippen molar-refractivity contribution in [3.63, 3.8) is 0 Å².